The molecule has 2 unspecified atom stereocenters. The summed E-state index contributed by atoms with van der Waals surface area (Å²) < 4.78 is 145. The summed E-state index contributed by atoms with van der Waals surface area (Å²) in [6, 6.07) is 0. The van der Waals surface area contributed by atoms with Gasteiger partial charge in [-0.2, -0.15) is 35.1 Å². The molecule has 0 aliphatic heterocycles. The molecule has 20 heavy (non-hydrogen) atoms. The van der Waals surface area contributed by atoms with E-state index in [1.165, 1.54) is 0 Å². The first-order valence-corrected chi connectivity index (χ1v) is 5.51. The zero-order valence-electron chi connectivity index (χ0n) is 8.65. The molecule has 122 valence electrons. The fraction of sp³-hybridized carbons (Fsp3) is 1.00. The second kappa shape index (κ2) is 5.59. The molecule has 0 saturated carbocycles. The van der Waals surface area contributed by atoms with Crippen LogP contribution >= 0.6 is 22.6 Å². The first-order valence-electron chi connectivity index (χ1n) is 4.26. The largest absolute Gasteiger partial charge is 0.382 e. The van der Waals surface area contributed by atoms with Crippen molar-refractivity contribution in [3.05, 3.63) is 0 Å². The maximum Gasteiger partial charge on any atom is 0.382 e. The first kappa shape index (κ1) is 19.9. The molecule has 2 atom stereocenters. The van der Waals surface area contributed by atoms with Crippen molar-refractivity contribution in [3.63, 3.8) is 0 Å². The molecule has 13 heteroatoms. The second-order valence-electron chi connectivity index (χ2n) is 3.43. The number of rotatable bonds is 6. The normalized spacial score (nSPS) is 18.3. The van der Waals surface area contributed by atoms with Crippen LogP contribution in [0.5, 0.6) is 0 Å². The van der Waals surface area contributed by atoms with Crippen molar-refractivity contribution in [2.75, 3.05) is 0 Å². The molecule has 0 aromatic heterocycles. The van der Waals surface area contributed by atoms with Crippen LogP contribution in [0.2, 0.25) is 0 Å². The molecule has 0 nitrogen and oxygen atoms in total. The van der Waals surface area contributed by atoms with Crippen LogP contribution < -0.4 is 0 Å². The second-order valence-corrected chi connectivity index (χ2v) is 4.53. The Labute approximate surface area is 116 Å². The van der Waals surface area contributed by atoms with Gasteiger partial charge in [0.25, 0.3) is 6.43 Å². The van der Waals surface area contributed by atoms with Crippen molar-refractivity contribution in [1.82, 2.24) is 0 Å². The van der Waals surface area contributed by atoms with E-state index >= 15 is 0 Å². The van der Waals surface area contributed by atoms with E-state index in [9.17, 15) is 52.7 Å². The van der Waals surface area contributed by atoms with Gasteiger partial charge in [-0.3, -0.25) is 0 Å². The van der Waals surface area contributed by atoms with Crippen LogP contribution in [-0.4, -0.2) is 40.5 Å². The Hall–Kier alpha value is -0.110. The van der Waals surface area contributed by atoms with Gasteiger partial charge in [-0.1, -0.05) is 0 Å². The zero-order chi connectivity index (χ0) is 16.7. The van der Waals surface area contributed by atoms with Gasteiger partial charge < -0.3 is 0 Å². The van der Waals surface area contributed by atoms with Crippen molar-refractivity contribution >= 4 is 22.6 Å². The van der Waals surface area contributed by atoms with E-state index in [1.54, 1.807) is 0 Å². The van der Waals surface area contributed by atoms with E-state index in [-0.39, 0.29) is 22.6 Å². The Bertz CT molecular complexity index is 337. The van der Waals surface area contributed by atoms with Crippen molar-refractivity contribution in [1.29, 1.82) is 0 Å². The van der Waals surface area contributed by atoms with Gasteiger partial charge in [0, 0.05) is 0 Å². The molecule has 0 aromatic carbocycles. The van der Waals surface area contributed by atoms with E-state index in [0.717, 1.165) is 0 Å². The summed E-state index contributed by atoms with van der Waals surface area (Å²) in [5.41, 5.74) is 0. The monoisotopic (exact) mass is 442 g/mol. The summed E-state index contributed by atoms with van der Waals surface area (Å²) in [5, 5.41) is 0. The highest BCUT2D eigenvalue weighted by Gasteiger charge is 2.84. The average Bonchev–Trinajstić information content (AvgIpc) is 2.26. The molecule has 0 saturated heterocycles. The Kier molecular flexibility index (Phi) is 5.56. The molecule has 0 aliphatic rings. The molecular formula is C7H3F12I. The molecule has 0 aliphatic carbocycles. The van der Waals surface area contributed by atoms with Crippen molar-refractivity contribution in [2.24, 2.45) is 0 Å². The minimum absolute atomic E-state index is 0.107. The van der Waals surface area contributed by atoms with E-state index in [2.05, 4.69) is 0 Å². The maximum absolute atomic E-state index is 12.7. The lowest BCUT2D eigenvalue weighted by Gasteiger charge is -2.37. The van der Waals surface area contributed by atoms with Gasteiger partial charge in [0.2, 0.25) is 10.4 Å². The lowest BCUT2D eigenvalue weighted by Crippen LogP contribution is -2.67. The highest BCUT2D eigenvalue weighted by molar-refractivity contribution is 14.1. The maximum atomic E-state index is 12.7. The van der Waals surface area contributed by atoms with Crippen LogP contribution in [0, 0.1) is 0 Å². The molecular weight excluding hydrogens is 439 g/mol. The van der Waals surface area contributed by atoms with E-state index in [4.69, 9.17) is 0 Å². The Balaban J connectivity index is 5.84. The number of alkyl halides is 13. The fourth-order valence-corrected chi connectivity index (χ4v) is 1.28. The summed E-state index contributed by atoms with van der Waals surface area (Å²) in [6.45, 7) is 0. The third-order valence-corrected chi connectivity index (χ3v) is 2.86. The fourth-order valence-electron chi connectivity index (χ4n) is 0.887. The smallest absolute Gasteiger partial charge is 0.234 e. The average molecular weight is 442 g/mol. The van der Waals surface area contributed by atoms with Gasteiger partial charge in [-0.05, 0) is 22.6 Å². The number of hydrogen-bond donors (Lipinski definition) is 0. The highest BCUT2D eigenvalue weighted by atomic mass is 127. The highest BCUT2D eigenvalue weighted by Crippen LogP contribution is 2.56. The van der Waals surface area contributed by atoms with E-state index in [1.807, 2.05) is 0 Å². The van der Waals surface area contributed by atoms with Crippen LogP contribution in [0.1, 0.15) is 0 Å². The van der Waals surface area contributed by atoms with Crippen molar-refractivity contribution in [2.45, 2.75) is 40.5 Å². The number of hydrogen-bond acceptors (Lipinski definition) is 0. The van der Waals surface area contributed by atoms with E-state index in [0.29, 0.717) is 0 Å². The minimum atomic E-state index is -7.26. The SMILES string of the molecule is FC(F)C(F)C(F)(F)C(F)(F)C(F)(F)C(F)(F)C(F)I. The third-order valence-electron chi connectivity index (χ3n) is 2.07. The predicted octanol–water partition coefficient (Wildman–Crippen LogP) is 4.86. The van der Waals surface area contributed by atoms with Gasteiger partial charge in [-0.15, -0.1) is 0 Å². The van der Waals surface area contributed by atoms with Gasteiger partial charge in [0.05, 0.1) is 0 Å². The lowest BCUT2D eigenvalue weighted by atomic mass is 9.96. The summed E-state index contributed by atoms with van der Waals surface area (Å²) >= 11 is -0.107. The summed E-state index contributed by atoms with van der Waals surface area (Å²) in [4.78, 5) is 0. The lowest BCUT2D eigenvalue weighted by molar-refractivity contribution is -0.382. The van der Waals surface area contributed by atoms with Crippen molar-refractivity contribution < 1.29 is 52.7 Å². The molecule has 0 N–H and O–H groups in total. The van der Waals surface area contributed by atoms with Gasteiger partial charge in [0.15, 0.2) is 0 Å². The summed E-state index contributed by atoms with van der Waals surface area (Å²) in [5.74, 6) is -27.6. The quantitative estimate of drug-likeness (QED) is 0.313. The number of halogens is 13. The molecule has 0 radical (unpaired) electrons. The molecule has 0 amide bonds. The van der Waals surface area contributed by atoms with E-state index < -0.39 is 40.5 Å². The molecule has 0 heterocycles. The van der Waals surface area contributed by atoms with Crippen LogP contribution in [0.4, 0.5) is 52.7 Å². The molecule has 0 bridgehead atoms. The van der Waals surface area contributed by atoms with Crippen LogP contribution in [0.25, 0.3) is 0 Å². The Morgan fingerprint density at radius 2 is 0.900 bits per heavy atom. The predicted molar refractivity (Wildman–Crippen MR) is 49.6 cm³/mol. The van der Waals surface area contributed by atoms with Gasteiger partial charge in [-0.25, -0.2) is 17.6 Å². The van der Waals surface area contributed by atoms with Crippen molar-refractivity contribution in [3.8, 4) is 0 Å². The Morgan fingerprint density at radius 1 is 0.600 bits per heavy atom. The molecule has 0 aromatic rings. The summed E-state index contributed by atoms with van der Waals surface area (Å²) in [7, 11) is 0. The van der Waals surface area contributed by atoms with Gasteiger partial charge in [0.1, 0.15) is 0 Å². The van der Waals surface area contributed by atoms with Crippen LogP contribution in [0.15, 0.2) is 0 Å². The molecule has 0 fully saturated rings. The standard InChI is InChI=1S/C7H3F12I/c8-1(2(9)10)4(12,13)6(16,17)7(18,19)5(14,15)3(11)20/h1-3H. The van der Waals surface area contributed by atoms with Crippen LogP contribution in [0.3, 0.4) is 0 Å². The van der Waals surface area contributed by atoms with Crippen LogP contribution in [-0.2, 0) is 0 Å². The first-order chi connectivity index (χ1) is 8.55. The topological polar surface area (TPSA) is 0 Å². The van der Waals surface area contributed by atoms with Gasteiger partial charge >= 0.3 is 23.7 Å². The zero-order valence-corrected chi connectivity index (χ0v) is 10.8. The Morgan fingerprint density at radius 3 is 1.15 bits per heavy atom. The molecule has 0 rings (SSSR count). The minimum Gasteiger partial charge on any atom is -0.234 e. The molecule has 0 spiro atoms. The summed E-state index contributed by atoms with van der Waals surface area (Å²) in [6.07, 6.45) is -9.99. The third kappa shape index (κ3) is 2.77.